The highest BCUT2D eigenvalue weighted by atomic mass is 16.3. The zero-order chi connectivity index (χ0) is 9.86. The first kappa shape index (κ1) is 10.1. The van der Waals surface area contributed by atoms with Gasteiger partial charge in [-0.3, -0.25) is 0 Å². The predicted octanol–water partition coefficient (Wildman–Crippen LogP) is 3.03. The van der Waals surface area contributed by atoms with Crippen LogP contribution in [-0.2, 0) is 0 Å². The van der Waals surface area contributed by atoms with Gasteiger partial charge in [-0.05, 0) is 38.5 Å². The van der Waals surface area contributed by atoms with E-state index in [9.17, 15) is 5.11 Å². The first-order valence-corrected chi connectivity index (χ1v) is 5.93. The molecule has 3 heteroatoms. The monoisotopic (exact) mass is 196 g/mol. The zero-order valence-electron chi connectivity index (χ0n) is 8.78. The number of hydrogen-bond donors (Lipinski definition) is 1. The molecule has 0 bridgehead atoms. The summed E-state index contributed by atoms with van der Waals surface area (Å²) in [5, 5.41) is 18.5. The number of azo groups is 1. The molecule has 80 valence electrons. The van der Waals surface area contributed by atoms with Crippen LogP contribution >= 0.6 is 0 Å². The topological polar surface area (TPSA) is 45.0 Å². The van der Waals surface area contributed by atoms with E-state index in [-0.39, 0.29) is 0 Å². The molecule has 2 fully saturated rings. The van der Waals surface area contributed by atoms with Crippen molar-refractivity contribution < 1.29 is 5.11 Å². The van der Waals surface area contributed by atoms with Crippen LogP contribution in [0.3, 0.4) is 0 Å². The summed E-state index contributed by atoms with van der Waals surface area (Å²) in [7, 11) is 0. The summed E-state index contributed by atoms with van der Waals surface area (Å²) in [5.74, 6) is 0. The fourth-order valence-corrected chi connectivity index (χ4v) is 2.43. The van der Waals surface area contributed by atoms with Crippen molar-refractivity contribution in [1.29, 1.82) is 0 Å². The minimum absolute atomic E-state index is 0.404. The van der Waals surface area contributed by atoms with Gasteiger partial charge in [-0.25, -0.2) is 0 Å². The largest absolute Gasteiger partial charge is 0.368 e. The highest BCUT2D eigenvalue weighted by molar-refractivity contribution is 4.80. The van der Waals surface area contributed by atoms with E-state index in [1.165, 1.54) is 32.1 Å². The molecule has 0 aromatic carbocycles. The third-order valence-corrected chi connectivity index (χ3v) is 3.39. The van der Waals surface area contributed by atoms with E-state index in [0.29, 0.717) is 6.04 Å². The Balaban J connectivity index is 1.87. The lowest BCUT2D eigenvalue weighted by Gasteiger charge is -2.26. The molecule has 14 heavy (non-hydrogen) atoms. The molecule has 3 nitrogen and oxygen atoms in total. The molecule has 2 rings (SSSR count). The maximum absolute atomic E-state index is 10.1. The third-order valence-electron chi connectivity index (χ3n) is 3.39. The van der Waals surface area contributed by atoms with Gasteiger partial charge >= 0.3 is 0 Å². The summed E-state index contributed by atoms with van der Waals surface area (Å²) in [5.41, 5.74) is -0.805. The molecule has 0 aromatic heterocycles. The number of rotatable bonds is 2. The van der Waals surface area contributed by atoms with Crippen molar-refractivity contribution in [2.75, 3.05) is 0 Å². The Kier molecular flexibility index (Phi) is 3.16. The van der Waals surface area contributed by atoms with Gasteiger partial charge in [0, 0.05) is 0 Å². The van der Waals surface area contributed by atoms with E-state index in [0.717, 1.165) is 25.7 Å². The Hall–Kier alpha value is -0.440. The molecule has 0 heterocycles. The van der Waals surface area contributed by atoms with Crippen molar-refractivity contribution in [1.82, 2.24) is 0 Å². The molecule has 0 spiro atoms. The normalized spacial score (nSPS) is 28.6. The Morgan fingerprint density at radius 3 is 2.21 bits per heavy atom. The number of nitrogens with zero attached hydrogens (tertiary/aromatic N) is 2. The maximum Gasteiger partial charge on any atom is 0.176 e. The molecule has 2 aliphatic carbocycles. The molecule has 0 unspecified atom stereocenters. The van der Waals surface area contributed by atoms with Crippen molar-refractivity contribution in [2.45, 2.75) is 69.6 Å². The lowest BCUT2D eigenvalue weighted by molar-refractivity contribution is 0.00436. The second-order valence-corrected chi connectivity index (χ2v) is 4.70. The van der Waals surface area contributed by atoms with Gasteiger partial charge in [0.1, 0.15) is 0 Å². The van der Waals surface area contributed by atoms with Crippen LogP contribution in [-0.4, -0.2) is 16.9 Å². The molecule has 0 amide bonds. The van der Waals surface area contributed by atoms with Crippen molar-refractivity contribution >= 4 is 0 Å². The summed E-state index contributed by atoms with van der Waals surface area (Å²) in [4.78, 5) is 0. The van der Waals surface area contributed by atoms with Crippen LogP contribution < -0.4 is 0 Å². The fraction of sp³-hybridized carbons (Fsp3) is 1.00. The van der Waals surface area contributed by atoms with Gasteiger partial charge in [0.25, 0.3) is 0 Å². The first-order chi connectivity index (χ1) is 6.79. The van der Waals surface area contributed by atoms with Crippen LogP contribution in [0.25, 0.3) is 0 Å². The third kappa shape index (κ3) is 2.53. The van der Waals surface area contributed by atoms with Crippen molar-refractivity contribution in [2.24, 2.45) is 10.2 Å². The lowest BCUT2D eigenvalue weighted by Crippen LogP contribution is -2.28. The smallest absolute Gasteiger partial charge is 0.176 e. The van der Waals surface area contributed by atoms with Crippen LogP contribution in [0.15, 0.2) is 10.2 Å². The Morgan fingerprint density at radius 1 is 0.929 bits per heavy atom. The minimum Gasteiger partial charge on any atom is -0.368 e. The number of aliphatic hydroxyl groups is 1. The van der Waals surface area contributed by atoms with Crippen LogP contribution in [0.5, 0.6) is 0 Å². The van der Waals surface area contributed by atoms with E-state index >= 15 is 0 Å². The zero-order valence-corrected chi connectivity index (χ0v) is 8.78. The van der Waals surface area contributed by atoms with Gasteiger partial charge < -0.3 is 5.11 Å². The van der Waals surface area contributed by atoms with Crippen LogP contribution in [0.1, 0.15) is 57.8 Å². The summed E-state index contributed by atoms with van der Waals surface area (Å²) in [6.45, 7) is 0. The summed E-state index contributed by atoms with van der Waals surface area (Å²) < 4.78 is 0. The Morgan fingerprint density at radius 2 is 1.57 bits per heavy atom. The maximum atomic E-state index is 10.1. The van der Waals surface area contributed by atoms with Gasteiger partial charge in [-0.15, -0.1) is 0 Å². The Labute approximate surface area is 85.6 Å². The molecule has 0 saturated heterocycles. The highest BCUT2D eigenvalue weighted by Crippen LogP contribution is 2.30. The SMILES string of the molecule is OC1(N=NC2CCCC2)CCCCC1. The van der Waals surface area contributed by atoms with Crippen LogP contribution in [0.2, 0.25) is 0 Å². The molecular weight excluding hydrogens is 176 g/mol. The molecule has 0 atom stereocenters. The van der Waals surface area contributed by atoms with Gasteiger partial charge in [-0.2, -0.15) is 10.2 Å². The second-order valence-electron chi connectivity index (χ2n) is 4.70. The van der Waals surface area contributed by atoms with Gasteiger partial charge in [0.05, 0.1) is 6.04 Å². The molecule has 2 aliphatic rings. The number of hydrogen-bond acceptors (Lipinski definition) is 3. The van der Waals surface area contributed by atoms with E-state index in [4.69, 9.17) is 0 Å². The molecular formula is C11H20N2O. The molecule has 0 aromatic rings. The standard InChI is InChI=1S/C11H20N2O/c14-11(8-4-1-5-9-11)13-12-10-6-2-3-7-10/h10,14H,1-9H2. The van der Waals surface area contributed by atoms with Crippen molar-refractivity contribution in [3.8, 4) is 0 Å². The lowest BCUT2D eigenvalue weighted by atomic mass is 9.93. The Bertz CT molecular complexity index is 203. The summed E-state index contributed by atoms with van der Waals surface area (Å²) in [6, 6.07) is 0.404. The van der Waals surface area contributed by atoms with E-state index in [2.05, 4.69) is 10.2 Å². The average molecular weight is 196 g/mol. The average Bonchev–Trinajstić information content (AvgIpc) is 2.69. The van der Waals surface area contributed by atoms with Crippen LogP contribution in [0.4, 0.5) is 0 Å². The van der Waals surface area contributed by atoms with E-state index in [1.807, 2.05) is 0 Å². The van der Waals surface area contributed by atoms with Crippen LogP contribution in [0, 0.1) is 0 Å². The highest BCUT2D eigenvalue weighted by Gasteiger charge is 2.29. The fourth-order valence-electron chi connectivity index (χ4n) is 2.43. The van der Waals surface area contributed by atoms with Crippen molar-refractivity contribution in [3.63, 3.8) is 0 Å². The molecule has 1 N–H and O–H groups in total. The van der Waals surface area contributed by atoms with Gasteiger partial charge in [0.2, 0.25) is 0 Å². The minimum atomic E-state index is -0.805. The quantitative estimate of drug-likeness (QED) is 0.678. The van der Waals surface area contributed by atoms with E-state index < -0.39 is 5.72 Å². The summed E-state index contributed by atoms with van der Waals surface area (Å²) >= 11 is 0. The molecule has 0 aliphatic heterocycles. The summed E-state index contributed by atoms with van der Waals surface area (Å²) in [6.07, 6.45) is 9.94. The predicted molar refractivity (Wildman–Crippen MR) is 55.1 cm³/mol. The van der Waals surface area contributed by atoms with Gasteiger partial charge in [0.15, 0.2) is 5.72 Å². The molecule has 2 saturated carbocycles. The van der Waals surface area contributed by atoms with E-state index in [1.54, 1.807) is 0 Å². The first-order valence-electron chi connectivity index (χ1n) is 5.93. The van der Waals surface area contributed by atoms with Gasteiger partial charge in [-0.1, -0.05) is 19.3 Å². The second kappa shape index (κ2) is 4.39. The van der Waals surface area contributed by atoms with Crippen molar-refractivity contribution in [3.05, 3.63) is 0 Å². The molecule has 0 radical (unpaired) electrons.